The van der Waals surface area contributed by atoms with Crippen LogP contribution in [0.1, 0.15) is 35.7 Å². The largest absolute Gasteiger partial charge is 0.493 e. The molecule has 1 aromatic rings. The molecule has 20 heavy (non-hydrogen) atoms. The lowest BCUT2D eigenvalue weighted by molar-refractivity contribution is 0.0949. The van der Waals surface area contributed by atoms with Crippen molar-refractivity contribution in [3.05, 3.63) is 23.3 Å². The van der Waals surface area contributed by atoms with Gasteiger partial charge in [0.15, 0.2) is 11.5 Å². The normalized spacial score (nSPS) is 13.4. The van der Waals surface area contributed by atoms with Crippen molar-refractivity contribution >= 4 is 5.91 Å². The second-order valence-electron chi connectivity index (χ2n) is 4.72. The number of carbonyl (C=O) groups is 1. The number of carbonyl (C=O) groups excluding carboxylic acids is 1. The van der Waals surface area contributed by atoms with Crippen LogP contribution in [0.15, 0.2) is 12.1 Å². The lowest BCUT2D eigenvalue weighted by Crippen LogP contribution is -2.26. The van der Waals surface area contributed by atoms with Gasteiger partial charge in [0.05, 0.1) is 7.11 Å². The van der Waals surface area contributed by atoms with Crippen LogP contribution in [0.3, 0.4) is 0 Å². The summed E-state index contributed by atoms with van der Waals surface area (Å²) in [5.74, 6) is 3.53. The van der Waals surface area contributed by atoms with Crippen LogP contribution in [-0.2, 0) is 6.42 Å². The molecule has 4 nitrogen and oxygen atoms in total. The summed E-state index contributed by atoms with van der Waals surface area (Å²) in [6.07, 6.45) is 8.01. The number of hydrogen-bond donors (Lipinski definition) is 1. The van der Waals surface area contributed by atoms with Crippen molar-refractivity contribution in [2.24, 2.45) is 0 Å². The molecule has 0 heterocycles. The number of ether oxygens (including phenoxy) is 2. The summed E-state index contributed by atoms with van der Waals surface area (Å²) in [6.45, 7) is 2.16. The number of terminal acetylenes is 1. The average molecular weight is 273 g/mol. The van der Waals surface area contributed by atoms with E-state index in [1.54, 1.807) is 19.2 Å². The summed E-state index contributed by atoms with van der Waals surface area (Å²) >= 11 is 0. The summed E-state index contributed by atoms with van der Waals surface area (Å²) in [7, 11) is 1.57. The van der Waals surface area contributed by atoms with E-state index in [1.165, 1.54) is 0 Å². The molecule has 0 aliphatic heterocycles. The van der Waals surface area contributed by atoms with Crippen molar-refractivity contribution in [1.29, 1.82) is 0 Å². The van der Waals surface area contributed by atoms with Gasteiger partial charge in [0.1, 0.15) is 6.61 Å². The van der Waals surface area contributed by atoms with E-state index in [4.69, 9.17) is 15.9 Å². The molecule has 1 N–H and O–H groups in total. The molecule has 0 bridgehead atoms. The Kier molecular flexibility index (Phi) is 4.52. The molecule has 0 radical (unpaired) electrons. The van der Waals surface area contributed by atoms with E-state index in [0.717, 1.165) is 18.4 Å². The summed E-state index contributed by atoms with van der Waals surface area (Å²) in [5, 5.41) is 2.99. The summed E-state index contributed by atoms with van der Waals surface area (Å²) in [6, 6.07) is 3.83. The Labute approximate surface area is 119 Å². The van der Waals surface area contributed by atoms with Gasteiger partial charge >= 0.3 is 0 Å². The monoisotopic (exact) mass is 273 g/mol. The van der Waals surface area contributed by atoms with Crippen molar-refractivity contribution in [3.8, 4) is 23.8 Å². The predicted octanol–water partition coefficient (Wildman–Crippen LogP) is 2.16. The Morgan fingerprint density at radius 2 is 2.25 bits per heavy atom. The van der Waals surface area contributed by atoms with Gasteiger partial charge in [-0.15, -0.1) is 6.42 Å². The summed E-state index contributed by atoms with van der Waals surface area (Å²) in [5.41, 5.74) is 1.49. The minimum atomic E-state index is -0.0499. The molecule has 1 aliphatic carbocycles. The molecule has 1 fully saturated rings. The molecule has 0 saturated heterocycles. The van der Waals surface area contributed by atoms with E-state index in [2.05, 4.69) is 11.2 Å². The van der Waals surface area contributed by atoms with Gasteiger partial charge in [-0.3, -0.25) is 4.79 Å². The van der Waals surface area contributed by atoms with E-state index in [9.17, 15) is 4.79 Å². The minimum Gasteiger partial charge on any atom is -0.493 e. The van der Waals surface area contributed by atoms with Crippen LogP contribution in [0.5, 0.6) is 11.5 Å². The van der Waals surface area contributed by atoms with Crippen LogP contribution in [0.4, 0.5) is 0 Å². The highest BCUT2D eigenvalue weighted by Gasteiger charge is 2.26. The SMILES string of the molecule is C#CCOc1ccc(C(=O)NC2CC2)c(CC)c1OC. The van der Waals surface area contributed by atoms with Crippen LogP contribution in [0.2, 0.25) is 0 Å². The van der Waals surface area contributed by atoms with Gasteiger partial charge in [-0.05, 0) is 31.4 Å². The molecule has 1 saturated carbocycles. The molecule has 1 aromatic carbocycles. The number of benzene rings is 1. The third kappa shape index (κ3) is 3.05. The van der Waals surface area contributed by atoms with Crippen molar-refractivity contribution in [2.75, 3.05) is 13.7 Å². The molecular weight excluding hydrogens is 254 g/mol. The first-order chi connectivity index (χ1) is 9.71. The zero-order valence-electron chi connectivity index (χ0n) is 11.9. The number of nitrogens with one attached hydrogen (secondary N) is 1. The van der Waals surface area contributed by atoms with Gasteiger partial charge in [-0.1, -0.05) is 12.8 Å². The number of methoxy groups -OCH3 is 1. The fraction of sp³-hybridized carbons (Fsp3) is 0.438. The van der Waals surface area contributed by atoms with Crippen LogP contribution < -0.4 is 14.8 Å². The first kappa shape index (κ1) is 14.3. The van der Waals surface area contributed by atoms with Gasteiger partial charge in [0.25, 0.3) is 5.91 Å². The van der Waals surface area contributed by atoms with E-state index in [-0.39, 0.29) is 12.5 Å². The van der Waals surface area contributed by atoms with Crippen LogP contribution in [-0.4, -0.2) is 25.7 Å². The Hall–Kier alpha value is -2.15. The molecule has 0 atom stereocenters. The van der Waals surface area contributed by atoms with Gasteiger partial charge in [0, 0.05) is 17.2 Å². The molecular formula is C16H19NO3. The number of rotatable bonds is 6. The van der Waals surface area contributed by atoms with E-state index < -0.39 is 0 Å². The van der Waals surface area contributed by atoms with E-state index in [1.807, 2.05) is 6.92 Å². The van der Waals surface area contributed by atoms with Gasteiger partial charge < -0.3 is 14.8 Å². The third-order valence-corrected chi connectivity index (χ3v) is 3.25. The molecule has 0 aromatic heterocycles. The summed E-state index contributed by atoms with van der Waals surface area (Å²) in [4.78, 5) is 12.2. The van der Waals surface area contributed by atoms with Crippen LogP contribution >= 0.6 is 0 Å². The first-order valence-corrected chi connectivity index (χ1v) is 6.78. The predicted molar refractivity (Wildman–Crippen MR) is 77.2 cm³/mol. The van der Waals surface area contributed by atoms with Crippen molar-refractivity contribution < 1.29 is 14.3 Å². The Morgan fingerprint density at radius 1 is 1.50 bits per heavy atom. The minimum absolute atomic E-state index is 0.0499. The Bertz CT molecular complexity index is 541. The smallest absolute Gasteiger partial charge is 0.251 e. The topological polar surface area (TPSA) is 47.6 Å². The summed E-state index contributed by atoms with van der Waals surface area (Å²) < 4.78 is 10.9. The first-order valence-electron chi connectivity index (χ1n) is 6.78. The molecule has 4 heteroatoms. The highest BCUT2D eigenvalue weighted by Crippen LogP contribution is 2.34. The van der Waals surface area contributed by atoms with Crippen molar-refractivity contribution in [3.63, 3.8) is 0 Å². The average Bonchev–Trinajstić information content (AvgIpc) is 3.27. The lowest BCUT2D eigenvalue weighted by Gasteiger charge is -2.16. The highest BCUT2D eigenvalue weighted by molar-refractivity contribution is 5.97. The molecule has 0 unspecified atom stereocenters. The third-order valence-electron chi connectivity index (χ3n) is 3.25. The van der Waals surface area contributed by atoms with Crippen molar-refractivity contribution in [1.82, 2.24) is 5.32 Å². The van der Waals surface area contributed by atoms with Gasteiger partial charge in [-0.2, -0.15) is 0 Å². The maximum absolute atomic E-state index is 12.2. The second kappa shape index (κ2) is 6.33. The Morgan fingerprint density at radius 3 is 2.80 bits per heavy atom. The van der Waals surface area contributed by atoms with Crippen LogP contribution in [0.25, 0.3) is 0 Å². The van der Waals surface area contributed by atoms with Gasteiger partial charge in [0.2, 0.25) is 0 Å². The quantitative estimate of drug-likeness (QED) is 0.808. The molecule has 1 amide bonds. The van der Waals surface area contributed by atoms with E-state index in [0.29, 0.717) is 29.5 Å². The second-order valence-corrected chi connectivity index (χ2v) is 4.72. The fourth-order valence-electron chi connectivity index (χ4n) is 2.12. The zero-order valence-corrected chi connectivity index (χ0v) is 11.9. The fourth-order valence-corrected chi connectivity index (χ4v) is 2.12. The zero-order chi connectivity index (χ0) is 14.5. The van der Waals surface area contributed by atoms with Crippen LogP contribution in [0, 0.1) is 12.3 Å². The maximum Gasteiger partial charge on any atom is 0.251 e. The number of hydrogen-bond acceptors (Lipinski definition) is 3. The molecule has 2 rings (SSSR count). The molecule has 1 aliphatic rings. The molecule has 0 spiro atoms. The lowest BCUT2D eigenvalue weighted by atomic mass is 10.0. The number of amides is 1. The standard InChI is InChI=1S/C16H19NO3/c1-4-10-20-14-9-8-13(12(5-2)15(14)19-3)16(18)17-11-6-7-11/h1,8-9,11H,5-7,10H2,2-3H3,(H,17,18). The van der Waals surface area contributed by atoms with Crippen molar-refractivity contribution in [2.45, 2.75) is 32.2 Å². The van der Waals surface area contributed by atoms with E-state index >= 15 is 0 Å². The Balaban J connectivity index is 2.32. The molecule has 106 valence electrons. The van der Waals surface area contributed by atoms with Gasteiger partial charge in [-0.25, -0.2) is 0 Å². The maximum atomic E-state index is 12.2. The highest BCUT2D eigenvalue weighted by atomic mass is 16.5.